The summed E-state index contributed by atoms with van der Waals surface area (Å²) in [6.07, 6.45) is 1.47. The van der Waals surface area contributed by atoms with Gasteiger partial charge in [0.15, 0.2) is 0 Å². The van der Waals surface area contributed by atoms with Crippen molar-refractivity contribution in [3.63, 3.8) is 0 Å². The fourth-order valence-corrected chi connectivity index (χ4v) is 0.858. The highest BCUT2D eigenvalue weighted by atomic mass is 16.4. The van der Waals surface area contributed by atoms with Crippen LogP contribution in [0.2, 0.25) is 0 Å². The van der Waals surface area contributed by atoms with E-state index >= 15 is 0 Å². The molecular weight excluding hydrogens is 158 g/mol. The van der Waals surface area contributed by atoms with Crippen molar-refractivity contribution in [2.24, 2.45) is 0 Å². The number of rotatable bonds is 2. The Balaban J connectivity index is 3.38. The molecule has 1 rings (SSSR count). The van der Waals surface area contributed by atoms with Crippen LogP contribution >= 0.6 is 0 Å². The zero-order valence-corrected chi connectivity index (χ0v) is 6.74. The molecule has 0 aromatic carbocycles. The molecule has 1 heterocycles. The maximum atomic E-state index is 11.1. The molecule has 0 aliphatic carbocycles. The van der Waals surface area contributed by atoms with E-state index in [-0.39, 0.29) is 12.1 Å². The summed E-state index contributed by atoms with van der Waals surface area (Å²) in [5.41, 5.74) is -0.358. The average molecular weight is 167 g/mol. The summed E-state index contributed by atoms with van der Waals surface area (Å²) < 4.78 is 5.67. The van der Waals surface area contributed by atoms with Crippen LogP contribution in [0, 0.1) is 6.92 Å². The van der Waals surface area contributed by atoms with Gasteiger partial charge in [0, 0.05) is 6.07 Å². The number of nitrogens with zero attached hydrogens (tertiary/aromatic N) is 1. The van der Waals surface area contributed by atoms with E-state index in [0.29, 0.717) is 5.76 Å². The van der Waals surface area contributed by atoms with E-state index in [2.05, 4.69) is 6.58 Å². The lowest BCUT2D eigenvalue weighted by molar-refractivity contribution is 0.410. The third-order valence-electron chi connectivity index (χ3n) is 1.37. The Bertz CT molecular complexity index is 368. The second-order valence-corrected chi connectivity index (χ2v) is 2.36. The van der Waals surface area contributed by atoms with Crippen LogP contribution in [0.4, 0.5) is 0 Å². The van der Waals surface area contributed by atoms with Crippen LogP contribution in [0.5, 0.6) is 0 Å². The molecule has 0 aliphatic rings. The Labute approximate surface area is 68.8 Å². The van der Waals surface area contributed by atoms with Crippen LogP contribution in [0.15, 0.2) is 32.7 Å². The Morgan fingerprint density at radius 1 is 1.67 bits per heavy atom. The van der Waals surface area contributed by atoms with Crippen molar-refractivity contribution in [3.05, 3.63) is 45.4 Å². The van der Waals surface area contributed by atoms with E-state index in [1.807, 2.05) is 0 Å². The largest absolute Gasteiger partial charge is 0.422 e. The molecule has 4 heteroatoms. The van der Waals surface area contributed by atoms with E-state index in [0.717, 1.165) is 4.57 Å². The van der Waals surface area contributed by atoms with Crippen molar-refractivity contribution in [3.8, 4) is 0 Å². The maximum absolute atomic E-state index is 11.1. The number of allylic oxidation sites excluding steroid dienone is 1. The first kappa shape index (κ1) is 8.52. The first-order chi connectivity index (χ1) is 5.65. The van der Waals surface area contributed by atoms with Crippen LogP contribution in [-0.4, -0.2) is 4.57 Å². The van der Waals surface area contributed by atoms with Crippen molar-refractivity contribution in [2.75, 3.05) is 0 Å². The molecule has 0 atom stereocenters. The molecule has 0 bridgehead atoms. The quantitative estimate of drug-likeness (QED) is 0.595. The first-order valence-electron chi connectivity index (χ1n) is 3.47. The van der Waals surface area contributed by atoms with Gasteiger partial charge in [-0.2, -0.15) is 0 Å². The molecule has 0 fully saturated rings. The molecule has 1 aromatic heterocycles. The summed E-state index contributed by atoms with van der Waals surface area (Å²) in [5, 5.41) is 0. The predicted octanol–water partition coefficient (Wildman–Crippen LogP) is 0.296. The van der Waals surface area contributed by atoms with Crippen molar-refractivity contribution in [1.29, 1.82) is 0 Å². The van der Waals surface area contributed by atoms with Gasteiger partial charge < -0.3 is 4.42 Å². The summed E-state index contributed by atoms with van der Waals surface area (Å²) in [6.45, 7) is 5.16. The molecular formula is C8H9NO3. The summed E-state index contributed by atoms with van der Waals surface area (Å²) in [6, 6.07) is 1.27. The van der Waals surface area contributed by atoms with Crippen LogP contribution < -0.4 is 11.3 Å². The topological polar surface area (TPSA) is 52.2 Å². The van der Waals surface area contributed by atoms with E-state index in [1.165, 1.54) is 12.1 Å². The van der Waals surface area contributed by atoms with E-state index < -0.39 is 5.76 Å². The van der Waals surface area contributed by atoms with Gasteiger partial charge in [0.1, 0.15) is 5.76 Å². The smallest absolute Gasteiger partial charge is 0.415 e. The van der Waals surface area contributed by atoms with Gasteiger partial charge in [-0.15, -0.1) is 6.58 Å². The monoisotopic (exact) mass is 167 g/mol. The fourth-order valence-electron chi connectivity index (χ4n) is 0.858. The molecule has 0 N–H and O–H groups in total. The van der Waals surface area contributed by atoms with Gasteiger partial charge in [-0.3, -0.25) is 4.79 Å². The van der Waals surface area contributed by atoms with Crippen molar-refractivity contribution >= 4 is 0 Å². The molecule has 4 nitrogen and oxygen atoms in total. The second-order valence-electron chi connectivity index (χ2n) is 2.36. The second kappa shape index (κ2) is 3.21. The number of aromatic nitrogens is 1. The van der Waals surface area contributed by atoms with E-state index in [4.69, 9.17) is 4.42 Å². The van der Waals surface area contributed by atoms with Gasteiger partial charge in [-0.05, 0) is 6.92 Å². The minimum Gasteiger partial charge on any atom is -0.415 e. The minimum atomic E-state index is -0.639. The van der Waals surface area contributed by atoms with E-state index in [9.17, 15) is 9.59 Å². The summed E-state index contributed by atoms with van der Waals surface area (Å²) in [7, 11) is 0. The first-order valence-corrected chi connectivity index (χ1v) is 3.47. The Hall–Kier alpha value is -1.58. The normalized spacial score (nSPS) is 9.75. The van der Waals surface area contributed by atoms with Crippen molar-refractivity contribution in [2.45, 2.75) is 13.5 Å². The minimum absolute atomic E-state index is 0.182. The predicted molar refractivity (Wildman–Crippen MR) is 44.2 cm³/mol. The molecule has 0 amide bonds. The van der Waals surface area contributed by atoms with Crippen molar-refractivity contribution < 1.29 is 4.42 Å². The molecule has 0 radical (unpaired) electrons. The van der Waals surface area contributed by atoms with Crippen LogP contribution in [0.25, 0.3) is 0 Å². The third-order valence-corrected chi connectivity index (χ3v) is 1.37. The highest BCUT2D eigenvalue weighted by Crippen LogP contribution is 1.84. The Morgan fingerprint density at radius 2 is 2.33 bits per heavy atom. The lowest BCUT2D eigenvalue weighted by atomic mass is 10.5. The van der Waals surface area contributed by atoms with Gasteiger partial charge in [0.05, 0.1) is 6.54 Å². The molecule has 0 aliphatic heterocycles. The molecule has 0 saturated heterocycles. The zero-order valence-electron chi connectivity index (χ0n) is 6.74. The molecule has 0 spiro atoms. The molecule has 64 valence electrons. The SMILES string of the molecule is C=CCn1c(=O)cc(C)oc1=O. The average Bonchev–Trinajstić information content (AvgIpc) is 1.96. The third kappa shape index (κ3) is 1.53. The Kier molecular flexibility index (Phi) is 2.28. The van der Waals surface area contributed by atoms with Gasteiger partial charge >= 0.3 is 5.76 Å². The van der Waals surface area contributed by atoms with Gasteiger partial charge in [-0.25, -0.2) is 9.36 Å². The zero-order chi connectivity index (χ0) is 9.14. The lowest BCUT2D eigenvalue weighted by Gasteiger charge is -1.97. The fraction of sp³-hybridized carbons (Fsp3) is 0.250. The standard InChI is InChI=1S/C8H9NO3/c1-3-4-9-7(10)5-6(2)12-8(9)11/h3,5H,1,4H2,2H3. The summed E-state index contributed by atoms with van der Waals surface area (Å²) in [4.78, 5) is 22.1. The molecule has 12 heavy (non-hydrogen) atoms. The van der Waals surface area contributed by atoms with Crippen LogP contribution in [-0.2, 0) is 6.54 Å². The highest BCUT2D eigenvalue weighted by molar-refractivity contribution is 4.92. The Morgan fingerprint density at radius 3 is 2.83 bits per heavy atom. The maximum Gasteiger partial charge on any atom is 0.422 e. The van der Waals surface area contributed by atoms with Crippen LogP contribution in [0.3, 0.4) is 0 Å². The van der Waals surface area contributed by atoms with Crippen LogP contribution in [0.1, 0.15) is 5.76 Å². The molecule has 0 saturated carbocycles. The highest BCUT2D eigenvalue weighted by Gasteiger charge is 2.00. The van der Waals surface area contributed by atoms with Crippen molar-refractivity contribution in [1.82, 2.24) is 4.57 Å². The van der Waals surface area contributed by atoms with Gasteiger partial charge in [-0.1, -0.05) is 6.08 Å². The summed E-state index contributed by atoms with van der Waals surface area (Å²) in [5.74, 6) is -0.315. The van der Waals surface area contributed by atoms with Gasteiger partial charge in [0.2, 0.25) is 0 Å². The number of hydrogen-bond donors (Lipinski definition) is 0. The molecule has 0 unspecified atom stereocenters. The van der Waals surface area contributed by atoms with E-state index in [1.54, 1.807) is 6.92 Å². The van der Waals surface area contributed by atoms with Gasteiger partial charge in [0.25, 0.3) is 5.56 Å². The number of aryl methyl sites for hydroxylation is 1. The lowest BCUT2D eigenvalue weighted by Crippen LogP contribution is -2.31. The number of hydrogen-bond acceptors (Lipinski definition) is 3. The summed E-state index contributed by atoms with van der Waals surface area (Å²) >= 11 is 0. The molecule has 1 aromatic rings.